The van der Waals surface area contributed by atoms with E-state index in [0.717, 1.165) is 22.6 Å². The van der Waals surface area contributed by atoms with Gasteiger partial charge in [0.2, 0.25) is 0 Å². The number of aryl methyl sites for hydroxylation is 1. The molecule has 3 aromatic rings. The molecule has 0 N–H and O–H groups in total. The van der Waals surface area contributed by atoms with Gasteiger partial charge in [0.15, 0.2) is 5.82 Å². The number of methoxy groups -OCH3 is 1. The minimum Gasteiger partial charge on any atom is -0.496 e. The Labute approximate surface area is 128 Å². The number of hydrogen-bond acceptors (Lipinski definition) is 3. The fraction of sp³-hybridized carbons (Fsp3) is 0.125. The second kappa shape index (κ2) is 5.58. The normalized spacial score (nSPS) is 10.6. The molecule has 0 unspecified atom stereocenters. The van der Waals surface area contributed by atoms with Gasteiger partial charge in [0, 0.05) is 5.02 Å². The van der Waals surface area contributed by atoms with Crippen molar-refractivity contribution in [2.45, 2.75) is 6.92 Å². The van der Waals surface area contributed by atoms with Gasteiger partial charge >= 0.3 is 0 Å². The summed E-state index contributed by atoms with van der Waals surface area (Å²) in [5.74, 6) is 1.47. The average molecular weight is 300 g/mol. The summed E-state index contributed by atoms with van der Waals surface area (Å²) < 4.78 is 7.15. The highest BCUT2D eigenvalue weighted by Crippen LogP contribution is 2.30. The minimum absolute atomic E-state index is 0.703. The van der Waals surface area contributed by atoms with E-state index in [1.807, 2.05) is 49.4 Å². The lowest BCUT2D eigenvalue weighted by molar-refractivity contribution is 0.416. The lowest BCUT2D eigenvalue weighted by Crippen LogP contribution is -2.01. The lowest BCUT2D eigenvalue weighted by atomic mass is 10.1. The van der Waals surface area contributed by atoms with Crippen molar-refractivity contribution in [1.82, 2.24) is 14.8 Å². The molecule has 2 aromatic carbocycles. The van der Waals surface area contributed by atoms with Crippen LogP contribution in [0.3, 0.4) is 0 Å². The molecule has 4 nitrogen and oxygen atoms in total. The Balaban J connectivity index is 2.15. The SMILES string of the molecule is COc1ccccc1-c1ncnn1-c1ccc(C)c(Cl)c1. The molecule has 0 fully saturated rings. The first-order valence-corrected chi connectivity index (χ1v) is 6.88. The molecule has 5 heteroatoms. The molecule has 3 rings (SSSR count). The molecule has 0 atom stereocenters. The van der Waals surface area contributed by atoms with Gasteiger partial charge in [-0.1, -0.05) is 29.8 Å². The van der Waals surface area contributed by atoms with Gasteiger partial charge in [0.1, 0.15) is 12.1 Å². The van der Waals surface area contributed by atoms with E-state index in [1.54, 1.807) is 11.8 Å². The molecule has 1 heterocycles. The van der Waals surface area contributed by atoms with E-state index in [9.17, 15) is 0 Å². The number of hydrogen-bond donors (Lipinski definition) is 0. The van der Waals surface area contributed by atoms with Gasteiger partial charge in [-0.05, 0) is 36.8 Å². The first-order valence-electron chi connectivity index (χ1n) is 6.50. The van der Waals surface area contributed by atoms with Crippen molar-refractivity contribution in [3.8, 4) is 22.8 Å². The highest BCUT2D eigenvalue weighted by Gasteiger charge is 2.13. The molecule has 0 aliphatic rings. The Morgan fingerprint density at radius 2 is 1.95 bits per heavy atom. The summed E-state index contributed by atoms with van der Waals surface area (Å²) in [6, 6.07) is 13.5. The van der Waals surface area contributed by atoms with E-state index in [4.69, 9.17) is 16.3 Å². The molecule has 0 spiro atoms. The fourth-order valence-corrected chi connectivity index (χ4v) is 2.33. The Kier molecular flexibility index (Phi) is 3.62. The molecule has 21 heavy (non-hydrogen) atoms. The molecule has 0 aliphatic carbocycles. The average Bonchev–Trinajstić information content (AvgIpc) is 2.99. The van der Waals surface area contributed by atoms with Gasteiger partial charge < -0.3 is 4.74 Å². The molecule has 0 aliphatic heterocycles. The summed E-state index contributed by atoms with van der Waals surface area (Å²) >= 11 is 6.20. The maximum atomic E-state index is 6.20. The first-order chi connectivity index (χ1) is 10.2. The summed E-state index contributed by atoms with van der Waals surface area (Å²) in [5, 5.41) is 5.00. The van der Waals surface area contributed by atoms with Gasteiger partial charge in [-0.25, -0.2) is 9.67 Å². The largest absolute Gasteiger partial charge is 0.496 e. The number of para-hydroxylation sites is 1. The van der Waals surface area contributed by atoms with Gasteiger partial charge in [-0.15, -0.1) is 0 Å². The van der Waals surface area contributed by atoms with Crippen LogP contribution in [0.25, 0.3) is 17.1 Å². The van der Waals surface area contributed by atoms with E-state index in [1.165, 1.54) is 6.33 Å². The van der Waals surface area contributed by atoms with Crippen molar-refractivity contribution < 1.29 is 4.74 Å². The second-order valence-electron chi connectivity index (χ2n) is 4.63. The van der Waals surface area contributed by atoms with E-state index in [0.29, 0.717) is 10.8 Å². The van der Waals surface area contributed by atoms with Crippen LogP contribution in [-0.2, 0) is 0 Å². The van der Waals surface area contributed by atoms with Crippen molar-refractivity contribution in [2.24, 2.45) is 0 Å². The summed E-state index contributed by atoms with van der Waals surface area (Å²) in [6.07, 6.45) is 1.52. The Morgan fingerprint density at radius 3 is 2.71 bits per heavy atom. The maximum absolute atomic E-state index is 6.20. The predicted octanol–water partition coefficient (Wildman–Crippen LogP) is 3.90. The Hall–Kier alpha value is -2.33. The van der Waals surface area contributed by atoms with E-state index < -0.39 is 0 Å². The highest BCUT2D eigenvalue weighted by molar-refractivity contribution is 6.31. The quantitative estimate of drug-likeness (QED) is 0.736. The van der Waals surface area contributed by atoms with E-state index in [2.05, 4.69) is 10.1 Å². The van der Waals surface area contributed by atoms with Crippen LogP contribution in [0, 0.1) is 6.92 Å². The molecule has 0 saturated heterocycles. The molecule has 1 aromatic heterocycles. The van der Waals surface area contributed by atoms with Crippen molar-refractivity contribution in [3.63, 3.8) is 0 Å². The Morgan fingerprint density at radius 1 is 1.14 bits per heavy atom. The van der Waals surface area contributed by atoms with Crippen LogP contribution in [-0.4, -0.2) is 21.9 Å². The summed E-state index contributed by atoms with van der Waals surface area (Å²) in [7, 11) is 1.64. The van der Waals surface area contributed by atoms with Crippen LogP contribution in [0.4, 0.5) is 0 Å². The molecular formula is C16H14ClN3O. The molecule has 0 radical (unpaired) electrons. The standard InChI is InChI=1S/C16H14ClN3O/c1-11-7-8-12(9-14(11)17)20-16(18-10-19-20)13-5-3-4-6-15(13)21-2/h3-10H,1-2H3. The third-order valence-corrected chi connectivity index (χ3v) is 3.70. The minimum atomic E-state index is 0.703. The third-order valence-electron chi connectivity index (χ3n) is 3.30. The number of halogens is 1. The van der Waals surface area contributed by atoms with E-state index in [-0.39, 0.29) is 0 Å². The van der Waals surface area contributed by atoms with Gasteiger partial charge in [0.05, 0.1) is 18.4 Å². The monoisotopic (exact) mass is 299 g/mol. The second-order valence-corrected chi connectivity index (χ2v) is 5.04. The van der Waals surface area contributed by atoms with Gasteiger partial charge in [-0.3, -0.25) is 0 Å². The third kappa shape index (κ3) is 2.50. The number of benzene rings is 2. The lowest BCUT2D eigenvalue weighted by Gasteiger charge is -2.10. The van der Waals surface area contributed by atoms with Crippen molar-refractivity contribution in [2.75, 3.05) is 7.11 Å². The molecule has 106 valence electrons. The van der Waals surface area contributed by atoms with Crippen LogP contribution >= 0.6 is 11.6 Å². The number of ether oxygens (including phenoxy) is 1. The van der Waals surface area contributed by atoms with Crippen LogP contribution in [0.5, 0.6) is 5.75 Å². The van der Waals surface area contributed by atoms with Crippen LogP contribution in [0.15, 0.2) is 48.8 Å². The van der Waals surface area contributed by atoms with Gasteiger partial charge in [0.25, 0.3) is 0 Å². The van der Waals surface area contributed by atoms with Crippen LogP contribution in [0.1, 0.15) is 5.56 Å². The van der Waals surface area contributed by atoms with Crippen LogP contribution < -0.4 is 4.74 Å². The molecular weight excluding hydrogens is 286 g/mol. The maximum Gasteiger partial charge on any atom is 0.166 e. The van der Waals surface area contributed by atoms with Crippen molar-refractivity contribution in [1.29, 1.82) is 0 Å². The van der Waals surface area contributed by atoms with Crippen molar-refractivity contribution in [3.05, 3.63) is 59.4 Å². The highest BCUT2D eigenvalue weighted by atomic mass is 35.5. The number of nitrogens with zero attached hydrogens (tertiary/aromatic N) is 3. The zero-order valence-corrected chi connectivity index (χ0v) is 12.5. The Bertz CT molecular complexity index is 783. The first kappa shape index (κ1) is 13.6. The summed E-state index contributed by atoms with van der Waals surface area (Å²) in [4.78, 5) is 4.35. The zero-order chi connectivity index (χ0) is 14.8. The zero-order valence-electron chi connectivity index (χ0n) is 11.7. The smallest absolute Gasteiger partial charge is 0.166 e. The molecule has 0 bridgehead atoms. The van der Waals surface area contributed by atoms with E-state index >= 15 is 0 Å². The number of aromatic nitrogens is 3. The van der Waals surface area contributed by atoms with Crippen LogP contribution in [0.2, 0.25) is 5.02 Å². The fourth-order valence-electron chi connectivity index (χ4n) is 2.16. The predicted molar refractivity (Wildman–Crippen MR) is 83.1 cm³/mol. The summed E-state index contributed by atoms with van der Waals surface area (Å²) in [5.41, 5.74) is 2.78. The number of rotatable bonds is 3. The topological polar surface area (TPSA) is 39.9 Å². The van der Waals surface area contributed by atoms with Gasteiger partial charge in [-0.2, -0.15) is 5.10 Å². The molecule has 0 saturated carbocycles. The summed E-state index contributed by atoms with van der Waals surface area (Å²) in [6.45, 7) is 1.97. The molecule has 0 amide bonds. The van der Waals surface area contributed by atoms with Crippen molar-refractivity contribution >= 4 is 11.6 Å².